The molecule has 10 heteroatoms. The molecule has 0 saturated heterocycles. The second-order valence-corrected chi connectivity index (χ2v) is 6.06. The molecule has 4 rings (SSSR count). The molecule has 3 heterocycles. The maximum absolute atomic E-state index is 13.2. The van der Waals surface area contributed by atoms with E-state index in [-0.39, 0.29) is 11.8 Å². The minimum Gasteiger partial charge on any atom is -0.454 e. The van der Waals surface area contributed by atoms with E-state index in [1.807, 2.05) is 12.1 Å². The molecule has 6 nitrogen and oxygen atoms in total. The number of hydrogen-bond donors (Lipinski definition) is 0. The fraction of sp³-hybridized carbons (Fsp3) is 0.154. The van der Waals surface area contributed by atoms with Gasteiger partial charge in [-0.25, -0.2) is 0 Å². The second kappa shape index (κ2) is 5.14. The zero-order valence-corrected chi connectivity index (χ0v) is 12.8. The van der Waals surface area contributed by atoms with E-state index in [4.69, 9.17) is 21.1 Å². The van der Waals surface area contributed by atoms with Crippen molar-refractivity contribution >= 4 is 40.1 Å². The highest BCUT2D eigenvalue weighted by Crippen LogP contribution is 2.34. The summed E-state index contributed by atoms with van der Waals surface area (Å²) in [7, 11) is 0. The van der Waals surface area contributed by atoms with Gasteiger partial charge in [-0.1, -0.05) is 23.5 Å². The van der Waals surface area contributed by atoms with Crippen molar-refractivity contribution in [1.29, 1.82) is 0 Å². The van der Waals surface area contributed by atoms with Gasteiger partial charge in [0, 0.05) is 0 Å². The van der Waals surface area contributed by atoms with E-state index >= 15 is 0 Å². The van der Waals surface area contributed by atoms with Crippen LogP contribution in [0.25, 0.3) is 17.1 Å². The first kappa shape index (κ1) is 14.3. The third-order valence-corrected chi connectivity index (χ3v) is 4.11. The Morgan fingerprint density at radius 1 is 1.22 bits per heavy atom. The Morgan fingerprint density at radius 2 is 2.04 bits per heavy atom. The maximum Gasteiger partial charge on any atom is 0.383 e. The molecule has 0 bridgehead atoms. The van der Waals surface area contributed by atoms with Crippen molar-refractivity contribution in [3.8, 4) is 11.5 Å². The number of fused-ring (bicyclic) bond motifs is 2. The summed E-state index contributed by atoms with van der Waals surface area (Å²) in [6, 6.07) is 5.47. The van der Waals surface area contributed by atoms with Gasteiger partial charge in [0.15, 0.2) is 11.5 Å². The highest BCUT2D eigenvalue weighted by atomic mass is 35.5. The SMILES string of the molecule is FC(F)(Cl)c1nnc2sc(/C=C/c3ccc4c(c3)OCO4)nn12. The molecule has 0 aliphatic carbocycles. The number of rotatable bonds is 3. The van der Waals surface area contributed by atoms with E-state index < -0.39 is 11.2 Å². The lowest BCUT2D eigenvalue weighted by Gasteiger charge is -2.01. The summed E-state index contributed by atoms with van der Waals surface area (Å²) in [6.07, 6.45) is 3.47. The van der Waals surface area contributed by atoms with E-state index in [1.165, 1.54) is 0 Å². The highest BCUT2D eigenvalue weighted by molar-refractivity contribution is 7.17. The third-order valence-electron chi connectivity index (χ3n) is 3.08. The van der Waals surface area contributed by atoms with Crippen LogP contribution < -0.4 is 9.47 Å². The van der Waals surface area contributed by atoms with Gasteiger partial charge < -0.3 is 9.47 Å². The van der Waals surface area contributed by atoms with Gasteiger partial charge in [-0.15, -0.1) is 10.2 Å². The minimum atomic E-state index is -3.62. The molecule has 2 aromatic heterocycles. The average molecular weight is 357 g/mol. The van der Waals surface area contributed by atoms with Crippen molar-refractivity contribution in [2.45, 2.75) is 5.38 Å². The van der Waals surface area contributed by atoms with Crippen LogP contribution in [0.15, 0.2) is 18.2 Å². The second-order valence-electron chi connectivity index (χ2n) is 4.60. The van der Waals surface area contributed by atoms with Gasteiger partial charge in [-0.3, -0.25) is 0 Å². The molecule has 0 spiro atoms. The van der Waals surface area contributed by atoms with Crippen molar-refractivity contribution in [3.05, 3.63) is 34.6 Å². The van der Waals surface area contributed by atoms with E-state index in [1.54, 1.807) is 18.2 Å². The third kappa shape index (κ3) is 2.62. The normalized spacial score (nSPS) is 14.2. The first-order chi connectivity index (χ1) is 11.0. The first-order valence-electron chi connectivity index (χ1n) is 6.38. The molecule has 0 radical (unpaired) electrons. The Labute approximate surface area is 136 Å². The molecule has 0 unspecified atom stereocenters. The number of nitrogens with zero attached hydrogens (tertiary/aromatic N) is 4. The van der Waals surface area contributed by atoms with Crippen molar-refractivity contribution in [3.63, 3.8) is 0 Å². The largest absolute Gasteiger partial charge is 0.454 e. The van der Waals surface area contributed by atoms with E-state index in [2.05, 4.69) is 15.3 Å². The summed E-state index contributed by atoms with van der Waals surface area (Å²) in [6.45, 7) is 0.203. The molecule has 1 aromatic carbocycles. The smallest absolute Gasteiger partial charge is 0.383 e. The molecule has 1 aliphatic heterocycles. The summed E-state index contributed by atoms with van der Waals surface area (Å²) >= 11 is 6.10. The fourth-order valence-corrected chi connectivity index (χ4v) is 2.92. The molecule has 0 amide bonds. The highest BCUT2D eigenvalue weighted by Gasteiger charge is 2.35. The number of ether oxygens (including phenoxy) is 2. The molecule has 1 aliphatic rings. The minimum absolute atomic E-state index is 0.203. The van der Waals surface area contributed by atoms with Crippen LogP contribution >= 0.6 is 22.9 Å². The molecule has 0 N–H and O–H groups in total. The van der Waals surface area contributed by atoms with Crippen molar-refractivity contribution < 1.29 is 18.3 Å². The summed E-state index contributed by atoms with van der Waals surface area (Å²) in [4.78, 5) is 0.241. The first-order valence-corrected chi connectivity index (χ1v) is 7.57. The number of alkyl halides is 3. The van der Waals surface area contributed by atoms with Crippen LogP contribution in [0.1, 0.15) is 16.4 Å². The Bertz CT molecular complexity index is 918. The van der Waals surface area contributed by atoms with Crippen LogP contribution in [0.3, 0.4) is 0 Å². The van der Waals surface area contributed by atoms with Crippen LogP contribution in [-0.2, 0) is 5.38 Å². The zero-order valence-electron chi connectivity index (χ0n) is 11.2. The Kier molecular flexibility index (Phi) is 3.20. The number of aromatic nitrogens is 4. The van der Waals surface area contributed by atoms with Crippen LogP contribution in [0.2, 0.25) is 0 Å². The maximum atomic E-state index is 13.2. The lowest BCUT2D eigenvalue weighted by molar-refractivity contribution is 0.0820. The summed E-state index contributed by atoms with van der Waals surface area (Å²) in [5, 5.41) is 7.90. The topological polar surface area (TPSA) is 61.5 Å². The van der Waals surface area contributed by atoms with Gasteiger partial charge in [0.05, 0.1) is 0 Å². The molecule has 118 valence electrons. The van der Waals surface area contributed by atoms with Gasteiger partial charge >= 0.3 is 5.38 Å². The van der Waals surface area contributed by atoms with Crippen LogP contribution in [0, 0.1) is 0 Å². The van der Waals surface area contributed by atoms with Crippen LogP contribution in [-0.4, -0.2) is 26.6 Å². The molecular weight excluding hydrogens is 350 g/mol. The number of hydrogen-bond acceptors (Lipinski definition) is 6. The monoisotopic (exact) mass is 356 g/mol. The number of benzene rings is 1. The van der Waals surface area contributed by atoms with Crippen LogP contribution in [0.5, 0.6) is 11.5 Å². The van der Waals surface area contributed by atoms with Gasteiger partial charge in [-0.05, 0) is 35.4 Å². The number of halogens is 3. The lowest BCUT2D eigenvalue weighted by atomic mass is 10.2. The van der Waals surface area contributed by atoms with E-state index in [9.17, 15) is 8.78 Å². The molecule has 0 fully saturated rings. The van der Waals surface area contributed by atoms with Crippen LogP contribution in [0.4, 0.5) is 8.78 Å². The quantitative estimate of drug-likeness (QED) is 0.673. The van der Waals surface area contributed by atoms with E-state index in [0.717, 1.165) is 21.4 Å². The van der Waals surface area contributed by atoms with Gasteiger partial charge in [0.2, 0.25) is 17.6 Å². The molecule has 3 aromatic rings. The molecule has 23 heavy (non-hydrogen) atoms. The standard InChI is InChI=1S/C13H7ClF2N4O2S/c14-13(15,16)11-17-18-12-20(11)19-10(23-12)4-2-7-1-3-8-9(5-7)22-6-21-8/h1-5H,6H2/b4-2+. The van der Waals surface area contributed by atoms with E-state index in [0.29, 0.717) is 16.5 Å². The predicted octanol–water partition coefficient (Wildman–Crippen LogP) is 3.37. The van der Waals surface area contributed by atoms with Crippen molar-refractivity contribution in [2.75, 3.05) is 6.79 Å². The van der Waals surface area contributed by atoms with Crippen molar-refractivity contribution in [2.24, 2.45) is 0 Å². The molecule has 0 saturated carbocycles. The molecule has 0 atom stereocenters. The zero-order chi connectivity index (χ0) is 16.0. The lowest BCUT2D eigenvalue weighted by Crippen LogP contribution is -2.10. The Balaban J connectivity index is 1.64. The fourth-order valence-electron chi connectivity index (χ4n) is 2.06. The van der Waals surface area contributed by atoms with Gasteiger partial charge in [0.1, 0.15) is 5.01 Å². The molecular formula is C13H7ClF2N4O2S. The average Bonchev–Trinajstić information content (AvgIpc) is 3.17. The summed E-state index contributed by atoms with van der Waals surface area (Å²) in [5.74, 6) is 0.650. The summed E-state index contributed by atoms with van der Waals surface area (Å²) < 4.78 is 37.8. The summed E-state index contributed by atoms with van der Waals surface area (Å²) in [5.41, 5.74) is 0.864. The van der Waals surface area contributed by atoms with Gasteiger partial charge in [0.25, 0.3) is 0 Å². The predicted molar refractivity (Wildman–Crippen MR) is 79.9 cm³/mol. The Hall–Kier alpha value is -2.26. The van der Waals surface area contributed by atoms with Crippen molar-refractivity contribution in [1.82, 2.24) is 19.8 Å². The van der Waals surface area contributed by atoms with Gasteiger partial charge in [-0.2, -0.15) is 18.4 Å². The Morgan fingerprint density at radius 3 is 2.87 bits per heavy atom.